The molecule has 0 aromatic heterocycles. The Kier molecular flexibility index (Phi) is 4.62. The van der Waals surface area contributed by atoms with E-state index in [1.165, 1.54) is 37.5 Å². The monoisotopic (exact) mass is 321 g/mol. The van der Waals surface area contributed by atoms with Gasteiger partial charge >= 0.3 is 11.9 Å². The number of carboxylic acids is 1. The van der Waals surface area contributed by atoms with E-state index in [2.05, 4.69) is 4.74 Å². The molecule has 0 atom stereocenters. The molecule has 1 saturated heterocycles. The summed E-state index contributed by atoms with van der Waals surface area (Å²) in [6, 6.07) is 5.84. The molecule has 1 fully saturated rings. The Morgan fingerprint density at radius 1 is 1.27 bits per heavy atom. The maximum absolute atomic E-state index is 12.1. The molecule has 1 aromatic rings. The Bertz CT molecular complexity index is 679. The fourth-order valence-electron chi connectivity index (χ4n) is 1.70. The van der Waals surface area contributed by atoms with Crippen LogP contribution in [-0.2, 0) is 14.3 Å². The van der Waals surface area contributed by atoms with Crippen molar-refractivity contribution in [1.29, 1.82) is 0 Å². The first-order valence-electron chi connectivity index (χ1n) is 6.08. The van der Waals surface area contributed by atoms with Crippen LogP contribution in [0.3, 0.4) is 0 Å². The number of carbonyl (C=O) groups is 4. The highest BCUT2D eigenvalue weighted by Gasteiger charge is 2.36. The molecule has 0 aliphatic carbocycles. The van der Waals surface area contributed by atoms with E-state index in [1.54, 1.807) is 0 Å². The van der Waals surface area contributed by atoms with Crippen molar-refractivity contribution < 1.29 is 29.0 Å². The van der Waals surface area contributed by atoms with Crippen molar-refractivity contribution in [1.82, 2.24) is 4.90 Å². The summed E-state index contributed by atoms with van der Waals surface area (Å²) in [5, 5.41) is 8.26. The lowest BCUT2D eigenvalue weighted by Gasteiger charge is -2.09. The molecule has 1 N–H and O–H groups in total. The number of nitrogens with zero attached hydrogens (tertiary/aromatic N) is 1. The average Bonchev–Trinajstić information content (AvgIpc) is 2.75. The smallest absolute Gasteiger partial charge is 0.335 e. The van der Waals surface area contributed by atoms with Crippen molar-refractivity contribution in [3.05, 3.63) is 40.3 Å². The number of amides is 2. The molecule has 0 bridgehead atoms. The number of imide groups is 1. The van der Waals surface area contributed by atoms with Crippen LogP contribution < -0.4 is 0 Å². The van der Waals surface area contributed by atoms with Crippen LogP contribution in [0.4, 0.5) is 4.79 Å². The number of carboxylic acid groups (broad SMARTS) is 1. The van der Waals surface area contributed by atoms with Crippen LogP contribution in [0, 0.1) is 0 Å². The molecule has 1 aliphatic rings. The molecule has 0 saturated carbocycles. The van der Waals surface area contributed by atoms with E-state index in [0.717, 1.165) is 4.90 Å². The molecule has 0 radical (unpaired) electrons. The molecular weight excluding hydrogens is 310 g/mol. The lowest BCUT2D eigenvalue weighted by atomic mass is 10.1. The number of hydrogen-bond acceptors (Lipinski definition) is 6. The molecular formula is C14H11NO6S. The number of benzene rings is 1. The van der Waals surface area contributed by atoms with Gasteiger partial charge in [0.25, 0.3) is 11.1 Å². The Hall–Kier alpha value is -2.61. The van der Waals surface area contributed by atoms with E-state index in [0.29, 0.717) is 17.3 Å². The number of hydrogen-bond donors (Lipinski definition) is 1. The van der Waals surface area contributed by atoms with Crippen molar-refractivity contribution in [2.75, 3.05) is 13.7 Å². The van der Waals surface area contributed by atoms with Gasteiger partial charge in [-0.1, -0.05) is 12.1 Å². The lowest BCUT2D eigenvalue weighted by Crippen LogP contribution is -2.34. The quantitative estimate of drug-likeness (QED) is 0.664. The number of rotatable bonds is 4. The van der Waals surface area contributed by atoms with Gasteiger partial charge in [0.2, 0.25) is 0 Å². The van der Waals surface area contributed by atoms with Gasteiger partial charge in [0.05, 0.1) is 17.6 Å². The van der Waals surface area contributed by atoms with Crippen LogP contribution in [0.2, 0.25) is 0 Å². The van der Waals surface area contributed by atoms with Crippen molar-refractivity contribution in [3.63, 3.8) is 0 Å². The normalized spacial score (nSPS) is 16.2. The van der Waals surface area contributed by atoms with E-state index < -0.39 is 29.6 Å². The van der Waals surface area contributed by atoms with Crippen LogP contribution in [-0.4, -0.2) is 46.7 Å². The van der Waals surface area contributed by atoms with Gasteiger partial charge < -0.3 is 9.84 Å². The Morgan fingerprint density at radius 3 is 2.45 bits per heavy atom. The third-order valence-electron chi connectivity index (χ3n) is 2.84. The second-order valence-corrected chi connectivity index (χ2v) is 5.26. The van der Waals surface area contributed by atoms with E-state index in [-0.39, 0.29) is 10.5 Å². The summed E-state index contributed by atoms with van der Waals surface area (Å²) < 4.78 is 4.43. The van der Waals surface area contributed by atoms with Crippen molar-refractivity contribution in [3.8, 4) is 0 Å². The van der Waals surface area contributed by atoms with Gasteiger partial charge in [-0.3, -0.25) is 19.3 Å². The summed E-state index contributed by atoms with van der Waals surface area (Å²) in [5.41, 5.74) is 0.699. The molecule has 1 aliphatic heterocycles. The highest BCUT2D eigenvalue weighted by atomic mass is 32.2. The first-order chi connectivity index (χ1) is 10.4. The predicted octanol–water partition coefficient (Wildman–Crippen LogP) is 1.59. The standard InChI is InChI=1S/C14H11NO6S/c1-21-11(16)7-15-12(17)10(22-14(15)20)6-8-2-4-9(5-3-8)13(18)19/h2-6H,7H2,1H3,(H,18,19)/b10-6-. The fraction of sp³-hybridized carbons (Fsp3) is 0.143. The molecule has 2 rings (SSSR count). The van der Waals surface area contributed by atoms with Gasteiger partial charge in [0.1, 0.15) is 6.54 Å². The first-order valence-corrected chi connectivity index (χ1v) is 6.89. The molecule has 114 valence electrons. The second kappa shape index (κ2) is 6.44. The van der Waals surface area contributed by atoms with E-state index in [4.69, 9.17) is 5.11 Å². The largest absolute Gasteiger partial charge is 0.478 e. The van der Waals surface area contributed by atoms with E-state index in [1.807, 2.05) is 0 Å². The number of carbonyl (C=O) groups excluding carboxylic acids is 3. The fourth-order valence-corrected chi connectivity index (χ4v) is 2.54. The van der Waals surface area contributed by atoms with Gasteiger partial charge in [0, 0.05) is 0 Å². The SMILES string of the molecule is COC(=O)CN1C(=O)S/C(=C\c2ccc(C(=O)O)cc2)C1=O. The van der Waals surface area contributed by atoms with Crippen molar-refractivity contribution in [2.24, 2.45) is 0 Å². The van der Waals surface area contributed by atoms with Crippen LogP contribution >= 0.6 is 11.8 Å². The molecule has 0 spiro atoms. The van der Waals surface area contributed by atoms with E-state index >= 15 is 0 Å². The van der Waals surface area contributed by atoms with Crippen LogP contribution in [0.5, 0.6) is 0 Å². The molecule has 1 heterocycles. The molecule has 0 unspecified atom stereocenters. The summed E-state index contributed by atoms with van der Waals surface area (Å²) in [7, 11) is 1.17. The summed E-state index contributed by atoms with van der Waals surface area (Å²) in [4.78, 5) is 46.7. The van der Waals surface area contributed by atoms with Gasteiger partial charge in [-0.25, -0.2) is 4.79 Å². The summed E-state index contributed by atoms with van der Waals surface area (Å²) in [6.07, 6.45) is 1.47. The summed E-state index contributed by atoms with van der Waals surface area (Å²) in [5.74, 6) is -2.32. The number of aromatic carboxylic acids is 1. The highest BCUT2D eigenvalue weighted by Crippen LogP contribution is 2.32. The number of thioether (sulfide) groups is 1. The summed E-state index contributed by atoms with van der Waals surface area (Å²) in [6.45, 7) is -0.434. The predicted molar refractivity (Wildman–Crippen MR) is 78.1 cm³/mol. The average molecular weight is 321 g/mol. The zero-order chi connectivity index (χ0) is 16.3. The van der Waals surface area contributed by atoms with Crippen molar-refractivity contribution in [2.45, 2.75) is 0 Å². The number of ether oxygens (including phenoxy) is 1. The van der Waals surface area contributed by atoms with Crippen LogP contribution in [0.1, 0.15) is 15.9 Å². The molecule has 8 heteroatoms. The molecule has 22 heavy (non-hydrogen) atoms. The molecule has 7 nitrogen and oxygen atoms in total. The summed E-state index contributed by atoms with van der Waals surface area (Å²) >= 11 is 0.714. The maximum atomic E-state index is 12.1. The van der Waals surface area contributed by atoms with Gasteiger partial charge in [-0.15, -0.1) is 0 Å². The highest BCUT2D eigenvalue weighted by molar-refractivity contribution is 8.18. The van der Waals surface area contributed by atoms with Crippen LogP contribution in [0.15, 0.2) is 29.2 Å². The van der Waals surface area contributed by atoms with Gasteiger partial charge in [0.15, 0.2) is 0 Å². The minimum atomic E-state index is -1.05. The minimum Gasteiger partial charge on any atom is -0.478 e. The Labute approximate surface area is 129 Å². The van der Waals surface area contributed by atoms with E-state index in [9.17, 15) is 19.2 Å². The second-order valence-electron chi connectivity index (χ2n) is 4.27. The molecule has 1 aromatic carbocycles. The molecule has 2 amide bonds. The third kappa shape index (κ3) is 3.34. The first kappa shape index (κ1) is 15.8. The third-order valence-corrected chi connectivity index (χ3v) is 3.75. The number of esters is 1. The maximum Gasteiger partial charge on any atom is 0.335 e. The minimum absolute atomic E-state index is 0.121. The zero-order valence-corrected chi connectivity index (χ0v) is 12.3. The lowest BCUT2D eigenvalue weighted by molar-refractivity contribution is -0.143. The van der Waals surface area contributed by atoms with Gasteiger partial charge in [-0.05, 0) is 35.5 Å². The van der Waals surface area contributed by atoms with Gasteiger partial charge in [-0.2, -0.15) is 0 Å². The Morgan fingerprint density at radius 2 is 1.91 bits per heavy atom. The number of methoxy groups -OCH3 is 1. The topological polar surface area (TPSA) is 101 Å². The zero-order valence-electron chi connectivity index (χ0n) is 11.4. The van der Waals surface area contributed by atoms with Crippen LogP contribution in [0.25, 0.3) is 6.08 Å². The Balaban J connectivity index is 2.19. The van der Waals surface area contributed by atoms with Crippen molar-refractivity contribution >= 4 is 40.9 Å².